The molecule has 0 aliphatic carbocycles. The summed E-state index contributed by atoms with van der Waals surface area (Å²) in [7, 11) is -0.348. The molecule has 0 aliphatic heterocycles. The second-order valence-electron chi connectivity index (χ2n) is 6.52. The van der Waals surface area contributed by atoms with E-state index < -0.39 is 10.0 Å². The zero-order chi connectivity index (χ0) is 22.0. The summed E-state index contributed by atoms with van der Waals surface area (Å²) in [4.78, 5) is 4.79. The first-order chi connectivity index (χ1) is 14.4. The number of aliphatic imine (C=N–C) groups is 1. The molecule has 0 heterocycles. The summed E-state index contributed by atoms with van der Waals surface area (Å²) in [6.07, 6.45) is 0. The molecule has 0 radical (unpaired) electrons. The minimum absolute atomic E-state index is 0.233. The van der Waals surface area contributed by atoms with Crippen molar-refractivity contribution in [3.63, 3.8) is 0 Å². The minimum atomic E-state index is -3.53. The van der Waals surface area contributed by atoms with Gasteiger partial charge in [-0.3, -0.25) is 0 Å². The number of sulfonamides is 1. The third kappa shape index (κ3) is 6.93. The highest BCUT2D eigenvalue weighted by Crippen LogP contribution is 2.27. The summed E-state index contributed by atoms with van der Waals surface area (Å²) in [5.41, 5.74) is 1.97. The van der Waals surface area contributed by atoms with Crippen molar-refractivity contribution in [2.24, 2.45) is 4.99 Å². The van der Waals surface area contributed by atoms with Crippen LogP contribution in [-0.2, 0) is 16.6 Å². The number of nitrogens with zero attached hydrogens (tertiary/aromatic N) is 1. The highest BCUT2D eigenvalue weighted by molar-refractivity contribution is 7.89. The molecule has 164 valence electrons. The van der Waals surface area contributed by atoms with Gasteiger partial charge >= 0.3 is 0 Å². The Morgan fingerprint density at radius 2 is 1.67 bits per heavy atom. The van der Waals surface area contributed by atoms with Crippen molar-refractivity contribution in [3.8, 4) is 11.5 Å². The average molecular weight is 435 g/mol. The van der Waals surface area contributed by atoms with Gasteiger partial charge in [-0.25, -0.2) is 18.1 Å². The zero-order valence-corrected chi connectivity index (χ0v) is 18.7. The molecule has 0 unspecified atom stereocenters. The monoisotopic (exact) mass is 434 g/mol. The number of methoxy groups -OCH3 is 2. The Hall–Kier alpha value is -2.78. The molecule has 30 heavy (non-hydrogen) atoms. The molecule has 2 rings (SSSR count). The van der Waals surface area contributed by atoms with Crippen molar-refractivity contribution in [1.82, 2.24) is 15.4 Å². The van der Waals surface area contributed by atoms with Gasteiger partial charge in [-0.05, 0) is 43.7 Å². The maximum atomic E-state index is 12.3. The van der Waals surface area contributed by atoms with Crippen molar-refractivity contribution in [1.29, 1.82) is 0 Å². The second kappa shape index (κ2) is 11.4. The molecule has 0 saturated carbocycles. The lowest BCUT2D eigenvalue weighted by atomic mass is 10.2. The van der Waals surface area contributed by atoms with Gasteiger partial charge < -0.3 is 20.1 Å². The van der Waals surface area contributed by atoms with Gasteiger partial charge in [-0.1, -0.05) is 23.8 Å². The summed E-state index contributed by atoms with van der Waals surface area (Å²) < 4.78 is 37.8. The molecule has 8 nitrogen and oxygen atoms in total. The number of hydrogen-bond acceptors (Lipinski definition) is 5. The third-order valence-corrected chi connectivity index (χ3v) is 5.73. The van der Waals surface area contributed by atoms with E-state index in [0.29, 0.717) is 37.1 Å². The van der Waals surface area contributed by atoms with E-state index in [0.717, 1.165) is 11.1 Å². The van der Waals surface area contributed by atoms with Gasteiger partial charge in [0.15, 0.2) is 17.5 Å². The van der Waals surface area contributed by atoms with Crippen LogP contribution in [0.15, 0.2) is 52.4 Å². The van der Waals surface area contributed by atoms with Crippen molar-refractivity contribution in [3.05, 3.63) is 53.6 Å². The van der Waals surface area contributed by atoms with Gasteiger partial charge in [0.25, 0.3) is 0 Å². The Bertz CT molecular complexity index is 944. The van der Waals surface area contributed by atoms with Gasteiger partial charge in [0, 0.05) is 19.6 Å². The highest BCUT2D eigenvalue weighted by Gasteiger charge is 2.12. The third-order valence-electron chi connectivity index (χ3n) is 4.25. The van der Waals surface area contributed by atoms with E-state index in [1.54, 1.807) is 38.5 Å². The van der Waals surface area contributed by atoms with Gasteiger partial charge in [0.2, 0.25) is 10.0 Å². The number of benzene rings is 2. The second-order valence-corrected chi connectivity index (χ2v) is 8.29. The average Bonchev–Trinajstić information content (AvgIpc) is 2.75. The van der Waals surface area contributed by atoms with Crippen molar-refractivity contribution in [2.45, 2.75) is 25.3 Å². The maximum absolute atomic E-state index is 12.3. The Kier molecular flexibility index (Phi) is 8.94. The van der Waals surface area contributed by atoms with Gasteiger partial charge in [0.1, 0.15) is 0 Å². The van der Waals surface area contributed by atoms with Gasteiger partial charge in [-0.2, -0.15) is 0 Å². The van der Waals surface area contributed by atoms with Crippen LogP contribution in [0.25, 0.3) is 0 Å². The molecule has 2 aromatic carbocycles. The first kappa shape index (κ1) is 23.5. The minimum Gasteiger partial charge on any atom is -0.493 e. The summed E-state index contributed by atoms with van der Waals surface area (Å²) in [6.45, 7) is 5.63. The van der Waals surface area contributed by atoms with Gasteiger partial charge in [-0.15, -0.1) is 0 Å². The molecule has 0 saturated heterocycles. The van der Waals surface area contributed by atoms with Gasteiger partial charge in [0.05, 0.1) is 25.7 Å². The predicted octanol–water partition coefficient (Wildman–Crippen LogP) is 2.05. The van der Waals surface area contributed by atoms with Crippen LogP contribution in [0.2, 0.25) is 0 Å². The summed E-state index contributed by atoms with van der Waals surface area (Å²) in [5.74, 6) is 1.91. The lowest BCUT2D eigenvalue weighted by molar-refractivity contribution is 0.354. The SMILES string of the molecule is CCNC(=NCc1ccc(OC)c(OC)c1)NCCNS(=O)(=O)c1ccc(C)cc1. The summed E-state index contributed by atoms with van der Waals surface area (Å²) in [6, 6.07) is 12.4. The lowest BCUT2D eigenvalue weighted by Crippen LogP contribution is -2.41. The first-order valence-electron chi connectivity index (χ1n) is 9.69. The Balaban J connectivity index is 1.91. The van der Waals surface area contributed by atoms with Crippen LogP contribution in [0.3, 0.4) is 0 Å². The van der Waals surface area contributed by atoms with E-state index in [1.807, 2.05) is 32.0 Å². The number of nitrogens with one attached hydrogen (secondary N) is 3. The van der Waals surface area contributed by atoms with E-state index in [4.69, 9.17) is 9.47 Å². The Morgan fingerprint density at radius 1 is 0.967 bits per heavy atom. The van der Waals surface area contributed by atoms with Crippen molar-refractivity contribution in [2.75, 3.05) is 33.9 Å². The van der Waals surface area contributed by atoms with E-state index in [1.165, 1.54) is 0 Å². The first-order valence-corrected chi connectivity index (χ1v) is 11.2. The molecule has 9 heteroatoms. The van der Waals surface area contributed by atoms with E-state index >= 15 is 0 Å². The quantitative estimate of drug-likeness (QED) is 0.301. The lowest BCUT2D eigenvalue weighted by Gasteiger charge is -2.13. The molecule has 2 aromatic rings. The number of hydrogen-bond donors (Lipinski definition) is 3. The van der Waals surface area contributed by atoms with Crippen LogP contribution in [0, 0.1) is 6.92 Å². The largest absolute Gasteiger partial charge is 0.493 e. The molecule has 0 aliphatic rings. The fourth-order valence-corrected chi connectivity index (χ4v) is 3.69. The van der Waals surface area contributed by atoms with Crippen LogP contribution in [0.4, 0.5) is 0 Å². The molecular formula is C21H30N4O4S. The fourth-order valence-electron chi connectivity index (χ4n) is 2.66. The fraction of sp³-hybridized carbons (Fsp3) is 0.381. The summed E-state index contributed by atoms with van der Waals surface area (Å²) >= 11 is 0. The van der Waals surface area contributed by atoms with Crippen LogP contribution in [0.5, 0.6) is 11.5 Å². The normalized spacial score (nSPS) is 11.8. The number of ether oxygens (including phenoxy) is 2. The van der Waals surface area contributed by atoms with Crippen LogP contribution >= 0.6 is 0 Å². The van der Waals surface area contributed by atoms with Crippen molar-refractivity contribution >= 4 is 16.0 Å². The Labute approximate surface area is 178 Å². The maximum Gasteiger partial charge on any atom is 0.240 e. The van der Waals surface area contributed by atoms with E-state index in [2.05, 4.69) is 20.3 Å². The molecule has 0 fully saturated rings. The number of guanidine groups is 1. The topological polar surface area (TPSA) is 101 Å². The number of aryl methyl sites for hydroxylation is 1. The molecule has 0 spiro atoms. The predicted molar refractivity (Wildman–Crippen MR) is 119 cm³/mol. The van der Waals surface area contributed by atoms with E-state index in [-0.39, 0.29) is 11.4 Å². The Morgan fingerprint density at radius 3 is 2.30 bits per heavy atom. The highest BCUT2D eigenvalue weighted by atomic mass is 32.2. The van der Waals surface area contributed by atoms with E-state index in [9.17, 15) is 8.42 Å². The summed E-state index contributed by atoms with van der Waals surface area (Å²) in [5, 5.41) is 6.28. The molecular weight excluding hydrogens is 404 g/mol. The molecule has 0 bridgehead atoms. The molecule has 3 N–H and O–H groups in total. The van der Waals surface area contributed by atoms with Crippen LogP contribution in [-0.4, -0.2) is 48.2 Å². The van der Waals surface area contributed by atoms with Crippen LogP contribution < -0.4 is 24.8 Å². The molecule has 0 amide bonds. The molecule has 0 aromatic heterocycles. The smallest absolute Gasteiger partial charge is 0.240 e. The van der Waals surface area contributed by atoms with Crippen molar-refractivity contribution < 1.29 is 17.9 Å². The number of rotatable bonds is 10. The standard InChI is InChI=1S/C21H30N4O4S/c1-5-22-21(24-15-17-8-11-19(28-3)20(14-17)29-4)23-12-13-25-30(26,27)18-9-6-16(2)7-10-18/h6-11,14,25H,5,12-13,15H2,1-4H3,(H2,22,23,24). The molecule has 0 atom stereocenters. The zero-order valence-electron chi connectivity index (χ0n) is 17.9. The van der Waals surface area contributed by atoms with Crippen LogP contribution in [0.1, 0.15) is 18.1 Å².